The Balaban J connectivity index is 1.60. The fourth-order valence-electron chi connectivity index (χ4n) is 3.53. The first-order chi connectivity index (χ1) is 13.0. The van der Waals surface area contributed by atoms with Gasteiger partial charge in [0, 0.05) is 17.5 Å². The summed E-state index contributed by atoms with van der Waals surface area (Å²) in [6.07, 6.45) is 0.321. The SMILES string of the molecule is COc1ccc(C(=O)CN2C(=O)N[C@@]3(CCOc4ccccc43)C2=O)cc1. The first-order valence-electron chi connectivity index (χ1n) is 8.59. The molecule has 7 heteroatoms. The Hall–Kier alpha value is -3.35. The fraction of sp³-hybridized carbons (Fsp3) is 0.250. The van der Waals surface area contributed by atoms with Gasteiger partial charge < -0.3 is 14.8 Å². The first-order valence-corrected chi connectivity index (χ1v) is 8.59. The van der Waals surface area contributed by atoms with Gasteiger partial charge in [-0.05, 0) is 30.3 Å². The highest BCUT2D eigenvalue weighted by Crippen LogP contribution is 2.40. The van der Waals surface area contributed by atoms with Crippen LogP contribution in [0.4, 0.5) is 4.79 Å². The van der Waals surface area contributed by atoms with Crippen molar-refractivity contribution < 1.29 is 23.9 Å². The number of urea groups is 1. The van der Waals surface area contributed by atoms with Gasteiger partial charge >= 0.3 is 6.03 Å². The van der Waals surface area contributed by atoms with E-state index < -0.39 is 17.5 Å². The maximum atomic E-state index is 13.1. The molecule has 3 amide bonds. The van der Waals surface area contributed by atoms with Gasteiger partial charge in [0.25, 0.3) is 5.91 Å². The van der Waals surface area contributed by atoms with Crippen LogP contribution >= 0.6 is 0 Å². The summed E-state index contributed by atoms with van der Waals surface area (Å²) in [6, 6.07) is 13.1. The van der Waals surface area contributed by atoms with Crippen LogP contribution in [0.25, 0.3) is 0 Å². The Kier molecular flexibility index (Phi) is 4.07. The van der Waals surface area contributed by atoms with Crippen molar-refractivity contribution in [1.82, 2.24) is 10.2 Å². The number of ether oxygens (including phenoxy) is 2. The van der Waals surface area contributed by atoms with Crippen LogP contribution in [-0.4, -0.2) is 42.9 Å². The number of ketones is 1. The summed E-state index contributed by atoms with van der Waals surface area (Å²) in [6.45, 7) is -0.00886. The van der Waals surface area contributed by atoms with Crippen molar-refractivity contribution in [2.75, 3.05) is 20.3 Å². The zero-order valence-electron chi connectivity index (χ0n) is 14.7. The van der Waals surface area contributed by atoms with E-state index in [-0.39, 0.29) is 12.3 Å². The van der Waals surface area contributed by atoms with Crippen LogP contribution in [0, 0.1) is 0 Å². The van der Waals surface area contributed by atoms with E-state index in [2.05, 4.69) is 5.32 Å². The van der Waals surface area contributed by atoms with Crippen molar-refractivity contribution in [3.8, 4) is 11.5 Å². The van der Waals surface area contributed by atoms with Crippen molar-refractivity contribution in [2.45, 2.75) is 12.0 Å². The van der Waals surface area contributed by atoms with Crippen LogP contribution in [0.15, 0.2) is 48.5 Å². The highest BCUT2D eigenvalue weighted by atomic mass is 16.5. The molecule has 0 unspecified atom stereocenters. The monoisotopic (exact) mass is 366 g/mol. The summed E-state index contributed by atoms with van der Waals surface area (Å²) in [5.41, 5.74) is -0.148. The second kappa shape index (κ2) is 6.42. The average molecular weight is 366 g/mol. The van der Waals surface area contributed by atoms with E-state index in [0.29, 0.717) is 35.7 Å². The number of hydrogen-bond donors (Lipinski definition) is 1. The Morgan fingerprint density at radius 1 is 1.19 bits per heavy atom. The summed E-state index contributed by atoms with van der Waals surface area (Å²) in [5, 5.41) is 2.79. The molecule has 1 atom stereocenters. The van der Waals surface area contributed by atoms with E-state index in [1.165, 1.54) is 7.11 Å². The van der Waals surface area contributed by atoms with Crippen LogP contribution < -0.4 is 14.8 Å². The molecule has 1 spiro atoms. The second-order valence-corrected chi connectivity index (χ2v) is 6.47. The Labute approximate surface area is 155 Å². The molecule has 4 rings (SSSR count). The molecule has 0 aromatic heterocycles. The van der Waals surface area contributed by atoms with Crippen molar-refractivity contribution in [1.29, 1.82) is 0 Å². The number of carbonyl (C=O) groups is 3. The number of rotatable bonds is 4. The molecule has 0 radical (unpaired) electrons. The van der Waals surface area contributed by atoms with Crippen LogP contribution in [0.2, 0.25) is 0 Å². The van der Waals surface area contributed by atoms with Crippen LogP contribution in [0.3, 0.4) is 0 Å². The number of para-hydroxylation sites is 1. The van der Waals surface area contributed by atoms with Gasteiger partial charge in [-0.3, -0.25) is 14.5 Å². The maximum Gasteiger partial charge on any atom is 0.325 e. The zero-order chi connectivity index (χ0) is 19.0. The Morgan fingerprint density at radius 3 is 2.67 bits per heavy atom. The molecule has 2 aromatic rings. The van der Waals surface area contributed by atoms with E-state index in [1.54, 1.807) is 42.5 Å². The number of carbonyl (C=O) groups excluding carboxylic acids is 3. The number of benzene rings is 2. The molecule has 1 N–H and O–H groups in total. The number of fused-ring (bicyclic) bond motifs is 2. The quantitative estimate of drug-likeness (QED) is 0.662. The number of methoxy groups -OCH3 is 1. The van der Waals surface area contributed by atoms with E-state index in [1.807, 2.05) is 6.07 Å². The minimum absolute atomic E-state index is 0.309. The third kappa shape index (κ3) is 2.71. The number of amides is 3. The first kappa shape index (κ1) is 17.1. The number of hydrogen-bond acceptors (Lipinski definition) is 5. The molecule has 2 aliphatic heterocycles. The van der Waals surface area contributed by atoms with Crippen molar-refractivity contribution in [3.05, 3.63) is 59.7 Å². The predicted molar refractivity (Wildman–Crippen MR) is 95.8 cm³/mol. The van der Waals surface area contributed by atoms with Crippen LogP contribution in [0.5, 0.6) is 11.5 Å². The van der Waals surface area contributed by atoms with Gasteiger partial charge in [0.05, 0.1) is 20.3 Å². The lowest BCUT2D eigenvalue weighted by Crippen LogP contribution is -2.47. The highest BCUT2D eigenvalue weighted by molar-refractivity contribution is 6.11. The molecule has 27 heavy (non-hydrogen) atoms. The molecule has 0 aliphatic carbocycles. The summed E-state index contributed by atoms with van der Waals surface area (Å²) in [5.74, 6) is 0.448. The molecule has 0 bridgehead atoms. The molecule has 2 aliphatic rings. The minimum atomic E-state index is -1.17. The van der Waals surface area contributed by atoms with Gasteiger partial charge in [-0.2, -0.15) is 0 Å². The average Bonchev–Trinajstić information content (AvgIpc) is 2.93. The molecular formula is C20H18N2O5. The molecule has 1 saturated heterocycles. The number of nitrogens with zero attached hydrogens (tertiary/aromatic N) is 1. The maximum absolute atomic E-state index is 13.1. The molecule has 0 saturated carbocycles. The van der Waals surface area contributed by atoms with Gasteiger partial charge in [0.2, 0.25) is 0 Å². The minimum Gasteiger partial charge on any atom is -0.497 e. The van der Waals surface area contributed by atoms with Gasteiger partial charge in [-0.15, -0.1) is 0 Å². The number of nitrogens with one attached hydrogen (secondary N) is 1. The van der Waals surface area contributed by atoms with Gasteiger partial charge in [-0.1, -0.05) is 18.2 Å². The van der Waals surface area contributed by atoms with Crippen molar-refractivity contribution in [3.63, 3.8) is 0 Å². The summed E-state index contributed by atoms with van der Waals surface area (Å²) in [7, 11) is 1.54. The lowest BCUT2D eigenvalue weighted by atomic mass is 9.84. The van der Waals surface area contributed by atoms with Gasteiger partial charge in [0.1, 0.15) is 11.5 Å². The molecule has 2 heterocycles. The lowest BCUT2D eigenvalue weighted by Gasteiger charge is -2.33. The second-order valence-electron chi connectivity index (χ2n) is 6.47. The van der Waals surface area contributed by atoms with Crippen molar-refractivity contribution >= 4 is 17.7 Å². The van der Waals surface area contributed by atoms with Gasteiger partial charge in [0.15, 0.2) is 11.3 Å². The molecular weight excluding hydrogens is 348 g/mol. The molecule has 1 fully saturated rings. The summed E-state index contributed by atoms with van der Waals surface area (Å²) < 4.78 is 10.7. The lowest BCUT2D eigenvalue weighted by molar-refractivity contribution is -0.132. The molecule has 138 valence electrons. The third-order valence-electron chi connectivity index (χ3n) is 4.97. The summed E-state index contributed by atoms with van der Waals surface area (Å²) >= 11 is 0. The standard InChI is InChI=1S/C20H18N2O5/c1-26-14-8-6-13(7-9-14)16(23)12-22-18(24)20(21-19(22)25)10-11-27-17-5-3-2-4-15(17)20/h2-9H,10-12H2,1H3,(H,21,25)/t20-/m1/s1. The number of imide groups is 1. The third-order valence-corrected chi connectivity index (χ3v) is 4.97. The Morgan fingerprint density at radius 2 is 1.93 bits per heavy atom. The van der Waals surface area contributed by atoms with Gasteiger partial charge in [-0.25, -0.2) is 4.79 Å². The number of Topliss-reactive ketones (excluding diaryl/α,β-unsaturated/α-hetero) is 1. The molecule has 2 aromatic carbocycles. The topological polar surface area (TPSA) is 84.9 Å². The smallest absolute Gasteiger partial charge is 0.325 e. The fourth-order valence-corrected chi connectivity index (χ4v) is 3.53. The largest absolute Gasteiger partial charge is 0.497 e. The normalized spacial score (nSPS) is 20.9. The zero-order valence-corrected chi connectivity index (χ0v) is 14.7. The Bertz CT molecular complexity index is 924. The van der Waals surface area contributed by atoms with Crippen LogP contribution in [-0.2, 0) is 10.3 Å². The highest BCUT2D eigenvalue weighted by Gasteiger charge is 2.55. The van der Waals surface area contributed by atoms with E-state index in [9.17, 15) is 14.4 Å². The van der Waals surface area contributed by atoms with E-state index in [4.69, 9.17) is 9.47 Å². The van der Waals surface area contributed by atoms with Crippen molar-refractivity contribution in [2.24, 2.45) is 0 Å². The van der Waals surface area contributed by atoms with Crippen LogP contribution in [0.1, 0.15) is 22.3 Å². The molecule has 7 nitrogen and oxygen atoms in total. The van der Waals surface area contributed by atoms with E-state index >= 15 is 0 Å². The predicted octanol–water partition coefficient (Wildman–Crippen LogP) is 2.11. The van der Waals surface area contributed by atoms with E-state index in [0.717, 1.165) is 4.90 Å². The summed E-state index contributed by atoms with van der Waals surface area (Å²) in [4.78, 5) is 39.2.